The van der Waals surface area contributed by atoms with Gasteiger partial charge in [-0.25, -0.2) is 8.42 Å². The highest BCUT2D eigenvalue weighted by molar-refractivity contribution is 7.92. The van der Waals surface area contributed by atoms with E-state index >= 15 is 0 Å². The molecule has 0 aliphatic heterocycles. The minimum atomic E-state index is -3.28. The van der Waals surface area contributed by atoms with Crippen LogP contribution in [0.25, 0.3) is 0 Å². The lowest BCUT2D eigenvalue weighted by molar-refractivity contribution is 0.443. The second-order valence-electron chi connectivity index (χ2n) is 4.59. The minimum Gasteiger partial charge on any atom is -0.464 e. The molecule has 6 heteroatoms. The van der Waals surface area contributed by atoms with E-state index in [2.05, 4.69) is 5.32 Å². The second-order valence-corrected chi connectivity index (χ2v) is 7.76. The van der Waals surface area contributed by atoms with Crippen LogP contribution in [-0.4, -0.2) is 14.5 Å². The fourth-order valence-corrected chi connectivity index (χ4v) is 3.93. The highest BCUT2D eigenvalue weighted by atomic mass is 32.2. The number of hydrogen-bond acceptors (Lipinski definition) is 5. The zero-order chi connectivity index (χ0) is 13.9. The molecule has 1 N–H and O–H groups in total. The van der Waals surface area contributed by atoms with Crippen LogP contribution in [0.4, 0.5) is 0 Å². The molecule has 2 aromatic heterocycles. The van der Waals surface area contributed by atoms with E-state index in [4.69, 9.17) is 4.42 Å². The molecule has 0 bridgehead atoms. The molecule has 0 aliphatic carbocycles. The average Bonchev–Trinajstić information content (AvgIpc) is 2.96. The van der Waals surface area contributed by atoms with E-state index < -0.39 is 9.84 Å². The van der Waals surface area contributed by atoms with Crippen molar-refractivity contribution in [1.82, 2.24) is 5.32 Å². The van der Waals surface area contributed by atoms with E-state index in [0.29, 0.717) is 22.6 Å². The van der Waals surface area contributed by atoms with Crippen LogP contribution in [0.1, 0.15) is 25.4 Å². The van der Waals surface area contributed by atoms with Gasteiger partial charge in [-0.05, 0) is 23.6 Å². The molecule has 0 fully saturated rings. The Bertz CT molecular complexity index is 612. The van der Waals surface area contributed by atoms with Crippen LogP contribution in [0.3, 0.4) is 0 Å². The molecule has 0 atom stereocenters. The van der Waals surface area contributed by atoms with Crippen LogP contribution in [-0.2, 0) is 22.1 Å². The van der Waals surface area contributed by atoms with Gasteiger partial charge in [0.2, 0.25) is 0 Å². The normalized spacial score (nSPS) is 12.2. The van der Waals surface area contributed by atoms with Crippen molar-refractivity contribution in [2.24, 2.45) is 0 Å². The Morgan fingerprint density at radius 3 is 2.63 bits per heavy atom. The zero-order valence-corrected chi connectivity index (χ0v) is 12.6. The summed E-state index contributed by atoms with van der Waals surface area (Å²) >= 11 is 1.23. The first-order chi connectivity index (χ1) is 8.97. The van der Waals surface area contributed by atoms with Crippen molar-refractivity contribution in [3.05, 3.63) is 41.2 Å². The molecule has 0 unspecified atom stereocenters. The SMILES string of the molecule is CC(C)NCc1ccc(CS(=O)(=O)c2cccs2)o1. The van der Waals surface area contributed by atoms with Crippen LogP contribution in [0.2, 0.25) is 0 Å². The van der Waals surface area contributed by atoms with Gasteiger partial charge in [0.1, 0.15) is 21.5 Å². The molecule has 0 amide bonds. The van der Waals surface area contributed by atoms with Crippen molar-refractivity contribution in [3.63, 3.8) is 0 Å². The van der Waals surface area contributed by atoms with E-state index in [9.17, 15) is 8.42 Å². The molecule has 0 spiro atoms. The number of rotatable bonds is 6. The molecule has 4 nitrogen and oxygen atoms in total. The van der Waals surface area contributed by atoms with Crippen LogP contribution in [0, 0.1) is 0 Å². The summed E-state index contributed by atoms with van der Waals surface area (Å²) in [5.74, 6) is 1.15. The molecular weight excluding hydrogens is 282 g/mol. The quantitative estimate of drug-likeness (QED) is 0.891. The van der Waals surface area contributed by atoms with Crippen molar-refractivity contribution in [1.29, 1.82) is 0 Å². The Morgan fingerprint density at radius 1 is 1.26 bits per heavy atom. The van der Waals surface area contributed by atoms with Gasteiger partial charge in [0.15, 0.2) is 9.84 Å². The molecule has 0 aliphatic rings. The second kappa shape index (κ2) is 5.90. The predicted octanol–water partition coefficient (Wildman–Crippen LogP) is 2.81. The maximum Gasteiger partial charge on any atom is 0.194 e. The van der Waals surface area contributed by atoms with Crippen molar-refractivity contribution < 1.29 is 12.8 Å². The fraction of sp³-hybridized carbons (Fsp3) is 0.385. The van der Waals surface area contributed by atoms with Gasteiger partial charge < -0.3 is 9.73 Å². The number of furan rings is 1. The van der Waals surface area contributed by atoms with Gasteiger partial charge in [0, 0.05) is 6.04 Å². The van der Waals surface area contributed by atoms with E-state index in [1.165, 1.54) is 11.3 Å². The summed E-state index contributed by atoms with van der Waals surface area (Å²) in [6.07, 6.45) is 0. The maximum absolute atomic E-state index is 12.1. The fourth-order valence-electron chi connectivity index (χ4n) is 1.60. The van der Waals surface area contributed by atoms with E-state index in [-0.39, 0.29) is 5.75 Å². The van der Waals surface area contributed by atoms with Gasteiger partial charge in [0.25, 0.3) is 0 Å². The summed E-state index contributed by atoms with van der Waals surface area (Å²) in [5.41, 5.74) is 0. The molecule has 104 valence electrons. The van der Waals surface area contributed by atoms with Crippen LogP contribution in [0.15, 0.2) is 38.3 Å². The molecule has 2 aromatic rings. The Morgan fingerprint density at radius 2 is 2.00 bits per heavy atom. The summed E-state index contributed by atoms with van der Waals surface area (Å²) in [7, 11) is -3.28. The molecule has 0 saturated carbocycles. The lowest BCUT2D eigenvalue weighted by atomic mass is 10.3. The minimum absolute atomic E-state index is 0.0881. The van der Waals surface area contributed by atoms with E-state index in [1.54, 1.807) is 23.6 Å². The van der Waals surface area contributed by atoms with Crippen LogP contribution >= 0.6 is 11.3 Å². The lowest BCUT2D eigenvalue weighted by Gasteiger charge is -2.05. The summed E-state index contributed by atoms with van der Waals surface area (Å²) < 4.78 is 30.1. The Hall–Kier alpha value is -1.11. The summed E-state index contributed by atoms with van der Waals surface area (Å²) in [6, 6.07) is 7.25. The first-order valence-electron chi connectivity index (χ1n) is 6.04. The third kappa shape index (κ3) is 3.92. The summed E-state index contributed by atoms with van der Waals surface area (Å²) in [5, 5.41) is 4.98. The van der Waals surface area contributed by atoms with E-state index in [0.717, 1.165) is 5.76 Å². The van der Waals surface area contributed by atoms with Crippen molar-refractivity contribution in [3.8, 4) is 0 Å². The Balaban J connectivity index is 2.04. The van der Waals surface area contributed by atoms with Gasteiger partial charge in [-0.1, -0.05) is 19.9 Å². The molecule has 0 saturated heterocycles. The van der Waals surface area contributed by atoms with Crippen molar-refractivity contribution in [2.75, 3.05) is 0 Å². The van der Waals surface area contributed by atoms with Gasteiger partial charge in [0.05, 0.1) is 6.54 Å². The van der Waals surface area contributed by atoms with Crippen molar-refractivity contribution in [2.45, 2.75) is 36.4 Å². The standard InChI is InChI=1S/C13H17NO3S2/c1-10(2)14-8-11-5-6-12(17-11)9-19(15,16)13-4-3-7-18-13/h3-7,10,14H,8-9H2,1-2H3. The third-order valence-corrected chi connectivity index (χ3v) is 5.66. The highest BCUT2D eigenvalue weighted by Crippen LogP contribution is 2.22. The maximum atomic E-state index is 12.1. The molecule has 2 rings (SSSR count). The number of hydrogen-bond donors (Lipinski definition) is 1. The molecular formula is C13H17NO3S2. The number of nitrogens with one attached hydrogen (secondary N) is 1. The number of sulfone groups is 1. The molecule has 0 aromatic carbocycles. The third-order valence-electron chi connectivity index (χ3n) is 2.54. The molecule has 19 heavy (non-hydrogen) atoms. The monoisotopic (exact) mass is 299 g/mol. The van der Waals surface area contributed by atoms with Gasteiger partial charge in [-0.2, -0.15) is 0 Å². The average molecular weight is 299 g/mol. The zero-order valence-electron chi connectivity index (χ0n) is 10.9. The van der Waals surface area contributed by atoms with E-state index in [1.807, 2.05) is 19.9 Å². The number of thiophene rings is 1. The van der Waals surface area contributed by atoms with Gasteiger partial charge in [-0.3, -0.25) is 0 Å². The first-order valence-corrected chi connectivity index (χ1v) is 8.58. The Labute approximate surface area is 117 Å². The predicted molar refractivity (Wildman–Crippen MR) is 75.9 cm³/mol. The van der Waals surface area contributed by atoms with Crippen molar-refractivity contribution >= 4 is 21.2 Å². The summed E-state index contributed by atoms with van der Waals surface area (Å²) in [6.45, 7) is 4.70. The van der Waals surface area contributed by atoms with Crippen LogP contribution < -0.4 is 5.32 Å². The van der Waals surface area contributed by atoms with Crippen LogP contribution in [0.5, 0.6) is 0 Å². The van der Waals surface area contributed by atoms with Gasteiger partial charge in [-0.15, -0.1) is 11.3 Å². The topological polar surface area (TPSA) is 59.3 Å². The lowest BCUT2D eigenvalue weighted by Crippen LogP contribution is -2.21. The smallest absolute Gasteiger partial charge is 0.194 e. The molecule has 2 heterocycles. The largest absolute Gasteiger partial charge is 0.464 e. The molecule has 0 radical (unpaired) electrons. The first kappa shape index (κ1) is 14.3. The highest BCUT2D eigenvalue weighted by Gasteiger charge is 2.18. The van der Waals surface area contributed by atoms with Gasteiger partial charge >= 0.3 is 0 Å². The Kier molecular flexibility index (Phi) is 4.44. The summed E-state index contributed by atoms with van der Waals surface area (Å²) in [4.78, 5) is 0.